The molecule has 0 saturated carbocycles. The standard InChI is InChI=1S/C22H24N4/c1-3-25(16-18-9-5-4-6-10-18)22-23-17(2)15-21(24-22)26-14-13-19-11-7-8-12-20(19)26/h4-12,15H,3,13-14,16H2,1-2H3. The Hall–Kier alpha value is -2.88. The Morgan fingerprint density at radius 1 is 1.00 bits per heavy atom. The topological polar surface area (TPSA) is 32.3 Å². The molecule has 0 spiro atoms. The number of anilines is 3. The highest BCUT2D eigenvalue weighted by Gasteiger charge is 2.22. The van der Waals surface area contributed by atoms with E-state index in [1.165, 1.54) is 16.8 Å². The van der Waals surface area contributed by atoms with Crippen molar-refractivity contribution in [1.29, 1.82) is 0 Å². The second-order valence-electron chi connectivity index (χ2n) is 6.70. The van der Waals surface area contributed by atoms with Crippen molar-refractivity contribution in [3.63, 3.8) is 0 Å². The summed E-state index contributed by atoms with van der Waals surface area (Å²) in [4.78, 5) is 14.2. The summed E-state index contributed by atoms with van der Waals surface area (Å²) in [6.45, 7) is 6.86. The van der Waals surface area contributed by atoms with Crippen LogP contribution in [0.5, 0.6) is 0 Å². The maximum atomic E-state index is 4.92. The summed E-state index contributed by atoms with van der Waals surface area (Å²) >= 11 is 0. The van der Waals surface area contributed by atoms with Crippen LogP contribution in [0.25, 0.3) is 0 Å². The van der Waals surface area contributed by atoms with Gasteiger partial charge in [-0.25, -0.2) is 4.98 Å². The Labute approximate surface area is 155 Å². The minimum absolute atomic E-state index is 0.802. The molecule has 0 N–H and O–H groups in total. The van der Waals surface area contributed by atoms with Crippen LogP contribution in [0, 0.1) is 6.92 Å². The fourth-order valence-electron chi connectivity index (χ4n) is 3.52. The van der Waals surface area contributed by atoms with E-state index < -0.39 is 0 Å². The van der Waals surface area contributed by atoms with Gasteiger partial charge in [0, 0.05) is 37.1 Å². The van der Waals surface area contributed by atoms with Crippen LogP contribution < -0.4 is 9.80 Å². The Bertz CT molecular complexity index is 892. The van der Waals surface area contributed by atoms with Crippen molar-refractivity contribution in [2.24, 2.45) is 0 Å². The van der Waals surface area contributed by atoms with Crippen molar-refractivity contribution in [3.05, 3.63) is 77.5 Å². The SMILES string of the molecule is CCN(Cc1ccccc1)c1nc(C)cc(N2CCc3ccccc32)n1. The highest BCUT2D eigenvalue weighted by atomic mass is 15.3. The number of fused-ring (bicyclic) bond motifs is 1. The van der Waals surface area contributed by atoms with Gasteiger partial charge in [0.1, 0.15) is 5.82 Å². The Kier molecular flexibility index (Phi) is 4.57. The molecule has 1 aromatic heterocycles. The molecule has 0 bridgehead atoms. The van der Waals surface area contributed by atoms with E-state index in [1.807, 2.05) is 13.0 Å². The van der Waals surface area contributed by atoms with Crippen LogP contribution in [-0.4, -0.2) is 23.1 Å². The van der Waals surface area contributed by atoms with Crippen molar-refractivity contribution in [3.8, 4) is 0 Å². The summed E-state index contributed by atoms with van der Waals surface area (Å²) in [5.74, 6) is 1.79. The first-order valence-electron chi connectivity index (χ1n) is 9.24. The maximum Gasteiger partial charge on any atom is 0.227 e. The molecule has 0 aliphatic carbocycles. The molecular weight excluding hydrogens is 320 g/mol. The first kappa shape index (κ1) is 16.6. The highest BCUT2D eigenvalue weighted by Crippen LogP contribution is 2.34. The van der Waals surface area contributed by atoms with E-state index in [9.17, 15) is 0 Å². The summed E-state index contributed by atoms with van der Waals surface area (Å²) in [6, 6.07) is 21.2. The number of benzene rings is 2. The third-order valence-electron chi connectivity index (χ3n) is 4.87. The molecule has 3 aromatic rings. The van der Waals surface area contributed by atoms with Gasteiger partial charge in [-0.15, -0.1) is 0 Å². The molecule has 1 aliphatic rings. The van der Waals surface area contributed by atoms with Gasteiger partial charge < -0.3 is 9.80 Å². The van der Waals surface area contributed by atoms with E-state index >= 15 is 0 Å². The van der Waals surface area contributed by atoms with E-state index in [-0.39, 0.29) is 0 Å². The number of hydrogen-bond donors (Lipinski definition) is 0. The monoisotopic (exact) mass is 344 g/mol. The van der Waals surface area contributed by atoms with Crippen molar-refractivity contribution < 1.29 is 0 Å². The van der Waals surface area contributed by atoms with Gasteiger partial charge in [-0.2, -0.15) is 4.98 Å². The number of aryl methyl sites for hydroxylation is 1. The normalized spacial score (nSPS) is 12.9. The van der Waals surface area contributed by atoms with Crippen LogP contribution in [0.3, 0.4) is 0 Å². The maximum absolute atomic E-state index is 4.92. The molecule has 0 amide bonds. The lowest BCUT2D eigenvalue weighted by atomic mass is 10.2. The number of hydrogen-bond acceptors (Lipinski definition) is 4. The van der Waals surface area contributed by atoms with Gasteiger partial charge in [-0.05, 0) is 37.5 Å². The zero-order valence-corrected chi connectivity index (χ0v) is 15.4. The van der Waals surface area contributed by atoms with Crippen molar-refractivity contribution in [2.45, 2.75) is 26.8 Å². The molecule has 0 unspecified atom stereocenters. The van der Waals surface area contributed by atoms with Gasteiger partial charge in [0.15, 0.2) is 0 Å². The third-order valence-corrected chi connectivity index (χ3v) is 4.87. The molecule has 4 nitrogen and oxygen atoms in total. The molecule has 4 heteroatoms. The molecule has 2 aromatic carbocycles. The predicted octanol–water partition coefficient (Wildman–Crippen LogP) is 4.51. The molecule has 0 atom stereocenters. The van der Waals surface area contributed by atoms with Crippen molar-refractivity contribution in [2.75, 3.05) is 22.9 Å². The fourth-order valence-corrected chi connectivity index (χ4v) is 3.52. The first-order chi connectivity index (χ1) is 12.7. The van der Waals surface area contributed by atoms with E-state index in [2.05, 4.69) is 71.3 Å². The second-order valence-corrected chi connectivity index (χ2v) is 6.70. The Morgan fingerprint density at radius 2 is 1.77 bits per heavy atom. The van der Waals surface area contributed by atoms with Crippen molar-refractivity contribution in [1.82, 2.24) is 9.97 Å². The zero-order chi connectivity index (χ0) is 17.9. The summed E-state index contributed by atoms with van der Waals surface area (Å²) in [5, 5.41) is 0. The first-order valence-corrected chi connectivity index (χ1v) is 9.24. The second kappa shape index (κ2) is 7.16. The van der Waals surface area contributed by atoms with E-state index in [1.54, 1.807) is 0 Å². The van der Waals surface area contributed by atoms with Crippen LogP contribution in [-0.2, 0) is 13.0 Å². The van der Waals surface area contributed by atoms with E-state index in [4.69, 9.17) is 9.97 Å². The average molecular weight is 344 g/mol. The van der Waals surface area contributed by atoms with Gasteiger partial charge >= 0.3 is 0 Å². The quantitative estimate of drug-likeness (QED) is 0.682. The minimum Gasteiger partial charge on any atom is -0.337 e. The third kappa shape index (κ3) is 3.27. The van der Waals surface area contributed by atoms with Gasteiger partial charge in [0.05, 0.1) is 0 Å². The smallest absolute Gasteiger partial charge is 0.227 e. The average Bonchev–Trinajstić information content (AvgIpc) is 3.10. The van der Waals surface area contributed by atoms with E-state index in [0.29, 0.717) is 0 Å². The molecule has 132 valence electrons. The number of nitrogens with zero attached hydrogens (tertiary/aromatic N) is 4. The molecule has 4 rings (SSSR count). The molecule has 26 heavy (non-hydrogen) atoms. The van der Waals surface area contributed by atoms with Crippen LogP contribution in [0.4, 0.5) is 17.5 Å². The van der Waals surface area contributed by atoms with Crippen LogP contribution in [0.2, 0.25) is 0 Å². The summed E-state index contributed by atoms with van der Waals surface area (Å²) in [7, 11) is 0. The number of para-hydroxylation sites is 1. The van der Waals surface area contributed by atoms with Gasteiger partial charge in [-0.1, -0.05) is 48.5 Å². The summed E-state index contributed by atoms with van der Waals surface area (Å²) in [5.41, 5.74) is 4.93. The number of rotatable bonds is 5. The molecular formula is C22H24N4. The largest absolute Gasteiger partial charge is 0.337 e. The van der Waals surface area contributed by atoms with Crippen LogP contribution in [0.15, 0.2) is 60.7 Å². The lowest BCUT2D eigenvalue weighted by Gasteiger charge is -2.24. The Balaban J connectivity index is 1.66. The highest BCUT2D eigenvalue weighted by molar-refractivity contribution is 5.68. The fraction of sp³-hybridized carbons (Fsp3) is 0.273. The summed E-state index contributed by atoms with van der Waals surface area (Å²) < 4.78 is 0. The Morgan fingerprint density at radius 3 is 2.58 bits per heavy atom. The van der Waals surface area contributed by atoms with Crippen molar-refractivity contribution >= 4 is 17.5 Å². The van der Waals surface area contributed by atoms with Gasteiger partial charge in [0.25, 0.3) is 0 Å². The lowest BCUT2D eigenvalue weighted by Crippen LogP contribution is -2.26. The minimum atomic E-state index is 0.802. The van der Waals surface area contributed by atoms with E-state index in [0.717, 1.165) is 43.5 Å². The predicted molar refractivity (Wildman–Crippen MR) is 107 cm³/mol. The molecule has 0 radical (unpaired) electrons. The van der Waals surface area contributed by atoms with Gasteiger partial charge in [0.2, 0.25) is 5.95 Å². The molecule has 0 fully saturated rings. The van der Waals surface area contributed by atoms with Gasteiger partial charge in [-0.3, -0.25) is 0 Å². The van der Waals surface area contributed by atoms with Crippen LogP contribution in [0.1, 0.15) is 23.7 Å². The zero-order valence-electron chi connectivity index (χ0n) is 15.4. The van der Waals surface area contributed by atoms with Crippen LogP contribution >= 0.6 is 0 Å². The molecule has 2 heterocycles. The molecule has 1 aliphatic heterocycles. The summed E-state index contributed by atoms with van der Waals surface area (Å²) in [6.07, 6.45) is 1.07. The number of aromatic nitrogens is 2. The molecule has 0 saturated heterocycles. The lowest BCUT2D eigenvalue weighted by molar-refractivity contribution is 0.784.